The van der Waals surface area contributed by atoms with E-state index in [-0.39, 0.29) is 22.4 Å². The van der Waals surface area contributed by atoms with Crippen LogP contribution in [0, 0.1) is 5.41 Å². The van der Waals surface area contributed by atoms with Gasteiger partial charge in [-0.3, -0.25) is 4.99 Å². The maximum Gasteiger partial charge on any atom is 0.191 e. The van der Waals surface area contributed by atoms with Gasteiger partial charge in [-0.25, -0.2) is 0 Å². The van der Waals surface area contributed by atoms with Gasteiger partial charge in [0.15, 0.2) is 5.96 Å². The summed E-state index contributed by atoms with van der Waals surface area (Å²) in [5.74, 6) is 0.931. The maximum atomic E-state index is 5.95. The largest absolute Gasteiger partial charge is 0.381 e. The first-order chi connectivity index (χ1) is 9.76. The van der Waals surface area contributed by atoms with Crippen LogP contribution in [0.3, 0.4) is 0 Å². The summed E-state index contributed by atoms with van der Waals surface area (Å²) in [6, 6.07) is 0.451. The van der Waals surface area contributed by atoms with E-state index in [4.69, 9.17) is 9.47 Å². The van der Waals surface area contributed by atoms with Crippen LogP contribution in [0.5, 0.6) is 0 Å². The number of ether oxygens (including phenoxy) is 2. The molecule has 5 nitrogen and oxygen atoms in total. The van der Waals surface area contributed by atoms with Crippen molar-refractivity contribution in [3.05, 3.63) is 0 Å². The van der Waals surface area contributed by atoms with Gasteiger partial charge in [-0.05, 0) is 40.0 Å². The number of aliphatic imine (C=N–C) groups is 1. The Labute approximate surface area is 139 Å². The number of nitrogens with zero attached hydrogens (tertiary/aromatic N) is 1. The summed E-state index contributed by atoms with van der Waals surface area (Å²) >= 11 is 0. The lowest BCUT2D eigenvalue weighted by Crippen LogP contribution is -2.67. The molecule has 1 saturated heterocycles. The molecule has 21 heavy (non-hydrogen) atoms. The van der Waals surface area contributed by atoms with Gasteiger partial charge < -0.3 is 20.1 Å². The Morgan fingerprint density at radius 1 is 1.29 bits per heavy atom. The second-order valence-electron chi connectivity index (χ2n) is 5.58. The lowest BCUT2D eigenvalue weighted by atomic mass is 9.57. The first-order valence-electron chi connectivity index (χ1n) is 8.01. The van der Waals surface area contributed by atoms with Crippen LogP contribution in [0.4, 0.5) is 0 Å². The normalized spacial score (nSPS) is 27.7. The van der Waals surface area contributed by atoms with Crippen molar-refractivity contribution in [2.45, 2.75) is 52.2 Å². The third-order valence-electron chi connectivity index (χ3n) is 4.55. The topological polar surface area (TPSA) is 54.9 Å². The Kier molecular flexibility index (Phi) is 7.98. The van der Waals surface area contributed by atoms with Crippen LogP contribution >= 0.6 is 17.0 Å². The van der Waals surface area contributed by atoms with E-state index in [2.05, 4.69) is 36.4 Å². The average molecular weight is 364 g/mol. The molecule has 0 aromatic carbocycles. The number of hydrogen-bond acceptors (Lipinski definition) is 3. The molecule has 0 radical (unpaired) electrons. The molecule has 0 aromatic rings. The van der Waals surface area contributed by atoms with Gasteiger partial charge in [0.1, 0.15) is 0 Å². The smallest absolute Gasteiger partial charge is 0.191 e. The summed E-state index contributed by atoms with van der Waals surface area (Å²) < 4.78 is 11.5. The quantitative estimate of drug-likeness (QED) is 0.580. The monoisotopic (exact) mass is 363 g/mol. The molecular formula is C15H30BrN3O2. The average Bonchev–Trinajstić information content (AvgIpc) is 2.47. The molecule has 1 aliphatic carbocycles. The van der Waals surface area contributed by atoms with Gasteiger partial charge in [-0.2, -0.15) is 0 Å². The van der Waals surface area contributed by atoms with E-state index in [1.807, 2.05) is 0 Å². The molecule has 1 spiro atoms. The SMILES string of the molecule is Br.CCN=C(NCC)NC1CC(OCC)C12CCOCC2. The molecule has 0 aromatic heterocycles. The van der Waals surface area contributed by atoms with Crippen molar-refractivity contribution in [1.82, 2.24) is 10.6 Å². The van der Waals surface area contributed by atoms with Crippen molar-refractivity contribution in [1.29, 1.82) is 0 Å². The Morgan fingerprint density at radius 2 is 2.00 bits per heavy atom. The van der Waals surface area contributed by atoms with E-state index in [1.54, 1.807) is 0 Å². The van der Waals surface area contributed by atoms with Crippen molar-refractivity contribution in [2.75, 3.05) is 32.9 Å². The first kappa shape index (κ1) is 18.7. The van der Waals surface area contributed by atoms with Crippen molar-refractivity contribution >= 4 is 22.9 Å². The zero-order valence-corrected chi connectivity index (χ0v) is 15.2. The van der Waals surface area contributed by atoms with Crippen molar-refractivity contribution < 1.29 is 9.47 Å². The molecule has 124 valence electrons. The number of rotatable bonds is 5. The van der Waals surface area contributed by atoms with Crippen LogP contribution in [0.2, 0.25) is 0 Å². The van der Waals surface area contributed by atoms with Crippen LogP contribution in [0.25, 0.3) is 0 Å². The summed E-state index contributed by atoms with van der Waals surface area (Å²) in [6.45, 7) is 10.4. The molecule has 1 heterocycles. The number of hydrogen-bond donors (Lipinski definition) is 2. The van der Waals surface area contributed by atoms with Gasteiger partial charge in [0, 0.05) is 44.4 Å². The minimum atomic E-state index is 0. The predicted molar refractivity (Wildman–Crippen MR) is 91.4 cm³/mol. The highest BCUT2D eigenvalue weighted by Crippen LogP contribution is 2.50. The number of guanidine groups is 1. The summed E-state index contributed by atoms with van der Waals surface area (Å²) in [5, 5.41) is 6.93. The second-order valence-corrected chi connectivity index (χ2v) is 5.58. The third kappa shape index (κ3) is 4.11. The molecule has 2 aliphatic rings. The predicted octanol–water partition coefficient (Wildman–Crippen LogP) is 2.11. The summed E-state index contributed by atoms with van der Waals surface area (Å²) in [7, 11) is 0. The zero-order chi connectivity index (χ0) is 14.4. The van der Waals surface area contributed by atoms with E-state index in [9.17, 15) is 0 Å². The van der Waals surface area contributed by atoms with Crippen molar-refractivity contribution in [3.8, 4) is 0 Å². The van der Waals surface area contributed by atoms with E-state index in [0.717, 1.165) is 58.1 Å². The summed E-state index contributed by atoms with van der Waals surface area (Å²) in [4.78, 5) is 4.51. The number of nitrogens with one attached hydrogen (secondary N) is 2. The van der Waals surface area contributed by atoms with E-state index < -0.39 is 0 Å². The fourth-order valence-electron chi connectivity index (χ4n) is 3.45. The fraction of sp³-hybridized carbons (Fsp3) is 0.933. The second kappa shape index (κ2) is 8.96. The Hall–Kier alpha value is -0.330. The van der Waals surface area contributed by atoms with Crippen molar-refractivity contribution in [2.24, 2.45) is 10.4 Å². The first-order valence-corrected chi connectivity index (χ1v) is 8.01. The lowest BCUT2D eigenvalue weighted by molar-refractivity contribution is -0.169. The molecule has 0 amide bonds. The van der Waals surface area contributed by atoms with E-state index in [0.29, 0.717) is 12.1 Å². The molecule has 1 aliphatic heterocycles. The molecule has 2 unspecified atom stereocenters. The lowest BCUT2D eigenvalue weighted by Gasteiger charge is -2.57. The van der Waals surface area contributed by atoms with Gasteiger partial charge in [0.05, 0.1) is 6.10 Å². The van der Waals surface area contributed by atoms with Crippen LogP contribution in [-0.2, 0) is 9.47 Å². The summed E-state index contributed by atoms with van der Waals surface area (Å²) in [6.07, 6.45) is 3.61. The van der Waals surface area contributed by atoms with Gasteiger partial charge in [0.25, 0.3) is 0 Å². The molecule has 6 heteroatoms. The Morgan fingerprint density at radius 3 is 2.57 bits per heavy atom. The van der Waals surface area contributed by atoms with E-state index in [1.165, 1.54) is 0 Å². The molecule has 2 fully saturated rings. The maximum absolute atomic E-state index is 5.95. The molecule has 2 atom stereocenters. The van der Waals surface area contributed by atoms with Gasteiger partial charge in [-0.15, -0.1) is 17.0 Å². The van der Waals surface area contributed by atoms with Crippen LogP contribution < -0.4 is 10.6 Å². The highest BCUT2D eigenvalue weighted by atomic mass is 79.9. The van der Waals surface area contributed by atoms with Crippen molar-refractivity contribution in [3.63, 3.8) is 0 Å². The van der Waals surface area contributed by atoms with Crippen LogP contribution in [0.1, 0.15) is 40.0 Å². The number of halogens is 1. The molecule has 1 saturated carbocycles. The minimum Gasteiger partial charge on any atom is -0.381 e. The van der Waals surface area contributed by atoms with Crippen LogP contribution in [0.15, 0.2) is 4.99 Å². The molecule has 2 N–H and O–H groups in total. The zero-order valence-electron chi connectivity index (χ0n) is 13.5. The van der Waals surface area contributed by atoms with Gasteiger partial charge in [0.2, 0.25) is 0 Å². The third-order valence-corrected chi connectivity index (χ3v) is 4.55. The standard InChI is InChI=1S/C15H29N3O2.BrH/c1-4-16-14(17-5-2)18-12-11-13(20-6-3)15(12)7-9-19-10-8-15;/h12-13H,4-11H2,1-3H3,(H2,16,17,18);1H. The molecule has 2 rings (SSSR count). The molecular weight excluding hydrogens is 334 g/mol. The highest BCUT2D eigenvalue weighted by molar-refractivity contribution is 8.93. The van der Waals surface area contributed by atoms with Crippen LogP contribution in [-0.4, -0.2) is 51.0 Å². The summed E-state index contributed by atoms with van der Waals surface area (Å²) in [5.41, 5.74) is 0.234. The minimum absolute atomic E-state index is 0. The highest BCUT2D eigenvalue weighted by Gasteiger charge is 2.56. The van der Waals surface area contributed by atoms with Gasteiger partial charge >= 0.3 is 0 Å². The van der Waals surface area contributed by atoms with Gasteiger partial charge in [-0.1, -0.05) is 0 Å². The fourth-order valence-corrected chi connectivity index (χ4v) is 3.45. The Balaban J connectivity index is 0.00000220. The molecule has 0 bridgehead atoms. The van der Waals surface area contributed by atoms with E-state index >= 15 is 0 Å². The Bertz CT molecular complexity index is 333.